The van der Waals surface area contributed by atoms with Crippen molar-refractivity contribution in [2.75, 3.05) is 25.5 Å². The predicted molar refractivity (Wildman–Crippen MR) is 112 cm³/mol. The van der Waals surface area contributed by atoms with Crippen LogP contribution in [-0.2, 0) is 0 Å². The molecule has 0 radical (unpaired) electrons. The molecule has 6 heteroatoms. The summed E-state index contributed by atoms with van der Waals surface area (Å²) >= 11 is 6.25. The SMILES string of the molecule is Cc1ccc(C2=NN=C(c3cccc(NC4CCN(C)CC4)n3)C2)cc1Cl. The fourth-order valence-electron chi connectivity index (χ4n) is 3.46. The van der Waals surface area contributed by atoms with Gasteiger partial charge in [-0.25, -0.2) is 4.98 Å². The molecule has 0 aliphatic carbocycles. The Kier molecular flexibility index (Phi) is 5.23. The summed E-state index contributed by atoms with van der Waals surface area (Å²) in [6.07, 6.45) is 2.96. The summed E-state index contributed by atoms with van der Waals surface area (Å²) in [6, 6.07) is 12.6. The second-order valence-electron chi connectivity index (χ2n) is 7.36. The van der Waals surface area contributed by atoms with Gasteiger partial charge in [0.05, 0.1) is 17.1 Å². The third-order valence-electron chi connectivity index (χ3n) is 5.25. The van der Waals surface area contributed by atoms with Crippen LogP contribution >= 0.6 is 11.6 Å². The Labute approximate surface area is 165 Å². The van der Waals surface area contributed by atoms with Gasteiger partial charge in [-0.15, -0.1) is 0 Å². The first-order valence-electron chi connectivity index (χ1n) is 9.41. The van der Waals surface area contributed by atoms with Crippen molar-refractivity contribution in [2.45, 2.75) is 32.2 Å². The molecular formula is C21H24ClN5. The average molecular weight is 382 g/mol. The van der Waals surface area contributed by atoms with Crippen molar-refractivity contribution >= 4 is 28.8 Å². The van der Waals surface area contributed by atoms with E-state index in [1.807, 2.05) is 43.3 Å². The topological polar surface area (TPSA) is 52.9 Å². The fraction of sp³-hybridized carbons (Fsp3) is 0.381. The van der Waals surface area contributed by atoms with E-state index < -0.39 is 0 Å². The highest BCUT2D eigenvalue weighted by Gasteiger charge is 2.20. The Hall–Kier alpha value is -2.24. The van der Waals surface area contributed by atoms with E-state index in [0.717, 1.165) is 65.0 Å². The molecule has 1 N–H and O–H groups in total. The standard InChI is InChI=1S/C21H24ClN5/c1-14-6-7-15(12-17(14)22)19-13-20(26-25-19)18-4-3-5-21(24-18)23-16-8-10-27(2)11-9-16/h3-7,12,16H,8-11,13H2,1-2H3,(H,23,24). The fourth-order valence-corrected chi connectivity index (χ4v) is 3.64. The first-order valence-corrected chi connectivity index (χ1v) is 9.79. The van der Waals surface area contributed by atoms with Crippen LogP contribution in [0.3, 0.4) is 0 Å². The molecule has 0 unspecified atom stereocenters. The van der Waals surface area contributed by atoms with Gasteiger partial charge in [0.2, 0.25) is 0 Å². The highest BCUT2D eigenvalue weighted by molar-refractivity contribution is 6.32. The van der Waals surface area contributed by atoms with E-state index in [1.54, 1.807) is 0 Å². The molecule has 0 spiro atoms. The summed E-state index contributed by atoms with van der Waals surface area (Å²) in [7, 11) is 2.17. The number of rotatable bonds is 4. The van der Waals surface area contributed by atoms with Crippen molar-refractivity contribution in [3.8, 4) is 0 Å². The summed E-state index contributed by atoms with van der Waals surface area (Å²) in [5.41, 5.74) is 4.79. The minimum absolute atomic E-state index is 0.482. The molecule has 2 aromatic rings. The van der Waals surface area contributed by atoms with Gasteiger partial charge in [0.15, 0.2) is 0 Å². The average Bonchev–Trinajstić information content (AvgIpc) is 3.16. The number of benzene rings is 1. The molecule has 1 aromatic carbocycles. The molecule has 2 aliphatic rings. The van der Waals surface area contributed by atoms with Crippen LogP contribution in [0.5, 0.6) is 0 Å². The van der Waals surface area contributed by atoms with Crippen LogP contribution in [0.25, 0.3) is 0 Å². The molecule has 0 atom stereocenters. The lowest BCUT2D eigenvalue weighted by Gasteiger charge is -2.29. The van der Waals surface area contributed by atoms with Crippen molar-refractivity contribution in [2.24, 2.45) is 10.2 Å². The van der Waals surface area contributed by atoms with E-state index in [0.29, 0.717) is 12.5 Å². The van der Waals surface area contributed by atoms with E-state index in [4.69, 9.17) is 16.6 Å². The number of likely N-dealkylation sites (tertiary alicyclic amines) is 1. The van der Waals surface area contributed by atoms with Gasteiger partial charge in [-0.1, -0.05) is 29.8 Å². The van der Waals surface area contributed by atoms with Crippen molar-refractivity contribution in [1.82, 2.24) is 9.88 Å². The third kappa shape index (κ3) is 4.20. The maximum absolute atomic E-state index is 6.25. The Morgan fingerprint density at radius 1 is 1.07 bits per heavy atom. The summed E-state index contributed by atoms with van der Waals surface area (Å²) in [4.78, 5) is 7.14. The minimum atomic E-state index is 0.482. The number of nitrogens with zero attached hydrogens (tertiary/aromatic N) is 4. The molecule has 27 heavy (non-hydrogen) atoms. The molecular weight excluding hydrogens is 358 g/mol. The first kappa shape index (κ1) is 18.1. The van der Waals surface area contributed by atoms with Crippen LogP contribution in [0.1, 0.15) is 36.1 Å². The summed E-state index contributed by atoms with van der Waals surface area (Å²) < 4.78 is 0. The molecule has 0 amide bonds. The molecule has 140 valence electrons. The summed E-state index contributed by atoms with van der Waals surface area (Å²) in [5, 5.41) is 13.1. The lowest BCUT2D eigenvalue weighted by atomic mass is 10.0. The molecule has 3 heterocycles. The van der Waals surface area contributed by atoms with Crippen LogP contribution < -0.4 is 5.32 Å². The number of pyridine rings is 1. The highest BCUT2D eigenvalue weighted by Crippen LogP contribution is 2.22. The van der Waals surface area contributed by atoms with Crippen molar-refractivity contribution in [3.63, 3.8) is 0 Å². The van der Waals surface area contributed by atoms with Gasteiger partial charge in [-0.05, 0) is 69.2 Å². The Bertz CT molecular complexity index is 897. The Balaban J connectivity index is 1.43. The number of aryl methyl sites for hydroxylation is 1. The van der Waals surface area contributed by atoms with Gasteiger partial charge in [0.1, 0.15) is 5.82 Å². The zero-order chi connectivity index (χ0) is 18.8. The molecule has 4 rings (SSSR count). The lowest BCUT2D eigenvalue weighted by molar-refractivity contribution is 0.263. The molecule has 1 saturated heterocycles. The van der Waals surface area contributed by atoms with Gasteiger partial charge < -0.3 is 10.2 Å². The third-order valence-corrected chi connectivity index (χ3v) is 5.65. The molecule has 2 aliphatic heterocycles. The number of hydrogen-bond donors (Lipinski definition) is 1. The van der Waals surface area contributed by atoms with E-state index in [-0.39, 0.29) is 0 Å². The van der Waals surface area contributed by atoms with E-state index in [9.17, 15) is 0 Å². The Morgan fingerprint density at radius 2 is 1.85 bits per heavy atom. The largest absolute Gasteiger partial charge is 0.367 e. The van der Waals surface area contributed by atoms with Gasteiger partial charge in [-0.2, -0.15) is 10.2 Å². The number of piperidine rings is 1. The van der Waals surface area contributed by atoms with Gasteiger partial charge in [0, 0.05) is 17.5 Å². The van der Waals surface area contributed by atoms with E-state index in [1.165, 1.54) is 0 Å². The van der Waals surface area contributed by atoms with Crippen molar-refractivity contribution in [1.29, 1.82) is 0 Å². The van der Waals surface area contributed by atoms with Gasteiger partial charge >= 0.3 is 0 Å². The number of halogens is 1. The minimum Gasteiger partial charge on any atom is -0.367 e. The Morgan fingerprint density at radius 3 is 2.63 bits per heavy atom. The van der Waals surface area contributed by atoms with E-state index in [2.05, 4.69) is 27.5 Å². The lowest BCUT2D eigenvalue weighted by Crippen LogP contribution is -2.36. The molecule has 0 saturated carbocycles. The number of hydrogen-bond acceptors (Lipinski definition) is 5. The van der Waals surface area contributed by atoms with E-state index >= 15 is 0 Å². The molecule has 0 bridgehead atoms. The van der Waals surface area contributed by atoms with Gasteiger partial charge in [-0.3, -0.25) is 0 Å². The normalized spacial score (nSPS) is 18.3. The van der Waals surface area contributed by atoms with Crippen LogP contribution in [0.4, 0.5) is 5.82 Å². The monoisotopic (exact) mass is 381 g/mol. The molecule has 1 fully saturated rings. The summed E-state index contributed by atoms with van der Waals surface area (Å²) in [5.74, 6) is 0.914. The quantitative estimate of drug-likeness (QED) is 0.865. The van der Waals surface area contributed by atoms with Crippen molar-refractivity contribution in [3.05, 3.63) is 58.2 Å². The van der Waals surface area contributed by atoms with Crippen molar-refractivity contribution < 1.29 is 0 Å². The first-order chi connectivity index (χ1) is 13.1. The zero-order valence-corrected chi connectivity index (χ0v) is 16.5. The smallest absolute Gasteiger partial charge is 0.126 e. The number of aromatic nitrogens is 1. The van der Waals surface area contributed by atoms with Crippen LogP contribution in [0, 0.1) is 6.92 Å². The van der Waals surface area contributed by atoms with Crippen LogP contribution in [0.15, 0.2) is 46.6 Å². The second-order valence-corrected chi connectivity index (χ2v) is 7.77. The molecule has 1 aromatic heterocycles. The predicted octanol–water partition coefficient (Wildman–Crippen LogP) is 4.15. The maximum Gasteiger partial charge on any atom is 0.126 e. The number of nitrogens with one attached hydrogen (secondary N) is 1. The van der Waals surface area contributed by atoms with Crippen LogP contribution in [-0.4, -0.2) is 47.5 Å². The maximum atomic E-state index is 6.25. The number of anilines is 1. The van der Waals surface area contributed by atoms with Gasteiger partial charge in [0.25, 0.3) is 0 Å². The summed E-state index contributed by atoms with van der Waals surface area (Å²) in [6.45, 7) is 4.25. The second kappa shape index (κ2) is 7.79. The zero-order valence-electron chi connectivity index (χ0n) is 15.7. The molecule has 5 nitrogen and oxygen atoms in total. The highest BCUT2D eigenvalue weighted by atomic mass is 35.5. The van der Waals surface area contributed by atoms with Crippen LogP contribution in [0.2, 0.25) is 5.02 Å².